The molecular formula is C16H19N3. The first kappa shape index (κ1) is 13.4. The van der Waals surface area contributed by atoms with E-state index in [0.717, 1.165) is 24.1 Å². The molecule has 1 heterocycles. The first-order valence-corrected chi connectivity index (χ1v) is 6.74. The third-order valence-electron chi connectivity index (χ3n) is 3.26. The van der Waals surface area contributed by atoms with Gasteiger partial charge in [-0.2, -0.15) is 10.4 Å². The maximum atomic E-state index is 8.72. The van der Waals surface area contributed by atoms with Gasteiger partial charge in [0.05, 0.1) is 18.7 Å². The van der Waals surface area contributed by atoms with E-state index >= 15 is 0 Å². The highest BCUT2D eigenvalue weighted by molar-refractivity contribution is 5.66. The van der Waals surface area contributed by atoms with Crippen molar-refractivity contribution in [2.24, 2.45) is 0 Å². The average molecular weight is 253 g/mol. The fourth-order valence-electron chi connectivity index (χ4n) is 2.20. The van der Waals surface area contributed by atoms with Gasteiger partial charge in [0.2, 0.25) is 0 Å². The molecule has 2 rings (SSSR count). The van der Waals surface area contributed by atoms with Gasteiger partial charge in [-0.25, -0.2) is 0 Å². The molecule has 1 aromatic heterocycles. The Kier molecular flexibility index (Phi) is 4.35. The molecule has 0 aliphatic rings. The van der Waals surface area contributed by atoms with Crippen LogP contribution in [0.3, 0.4) is 0 Å². The maximum absolute atomic E-state index is 8.72. The van der Waals surface area contributed by atoms with Crippen LogP contribution in [0, 0.1) is 18.3 Å². The summed E-state index contributed by atoms with van der Waals surface area (Å²) in [5, 5.41) is 13.1. The Labute approximate surface area is 114 Å². The lowest BCUT2D eigenvalue weighted by Gasteiger charge is -2.05. The molecule has 0 amide bonds. The first-order valence-electron chi connectivity index (χ1n) is 6.74. The van der Waals surface area contributed by atoms with Crippen molar-refractivity contribution in [1.29, 1.82) is 5.26 Å². The Morgan fingerprint density at radius 3 is 2.89 bits per heavy atom. The molecule has 0 aliphatic heterocycles. The normalized spacial score (nSPS) is 10.4. The van der Waals surface area contributed by atoms with E-state index in [9.17, 15) is 0 Å². The summed E-state index contributed by atoms with van der Waals surface area (Å²) in [6.45, 7) is 5.24. The van der Waals surface area contributed by atoms with Crippen molar-refractivity contribution in [3.8, 4) is 17.2 Å². The summed E-state index contributed by atoms with van der Waals surface area (Å²) in [7, 11) is 0. The fourth-order valence-corrected chi connectivity index (χ4v) is 2.20. The van der Waals surface area contributed by atoms with E-state index in [4.69, 9.17) is 5.26 Å². The summed E-state index contributed by atoms with van der Waals surface area (Å²) in [4.78, 5) is 0. The molecule has 1 aromatic carbocycles. The Balaban J connectivity index is 2.22. The monoisotopic (exact) mass is 253 g/mol. The Hall–Kier alpha value is -2.08. The van der Waals surface area contributed by atoms with Gasteiger partial charge in [-0.15, -0.1) is 0 Å². The van der Waals surface area contributed by atoms with Gasteiger partial charge in [-0.05, 0) is 30.0 Å². The molecule has 3 nitrogen and oxygen atoms in total. The summed E-state index contributed by atoms with van der Waals surface area (Å²) in [6.07, 6.45) is 6.82. The summed E-state index contributed by atoms with van der Waals surface area (Å²) in [6, 6.07) is 8.38. The highest BCUT2D eigenvalue weighted by Crippen LogP contribution is 2.24. The third-order valence-corrected chi connectivity index (χ3v) is 3.26. The Morgan fingerprint density at radius 1 is 1.37 bits per heavy atom. The van der Waals surface area contributed by atoms with Crippen LogP contribution in [0.4, 0.5) is 0 Å². The highest BCUT2D eigenvalue weighted by atomic mass is 15.3. The number of aryl methyl sites for hydroxylation is 2. The van der Waals surface area contributed by atoms with Crippen LogP contribution >= 0.6 is 0 Å². The zero-order valence-electron chi connectivity index (χ0n) is 11.6. The second-order valence-electron chi connectivity index (χ2n) is 4.83. The molecular weight excluding hydrogens is 234 g/mol. The zero-order chi connectivity index (χ0) is 13.7. The molecule has 19 heavy (non-hydrogen) atoms. The van der Waals surface area contributed by atoms with Crippen molar-refractivity contribution in [1.82, 2.24) is 9.78 Å². The number of nitrogens with zero attached hydrogens (tertiary/aromatic N) is 3. The maximum Gasteiger partial charge on any atom is 0.0669 e. The molecule has 0 N–H and O–H groups in total. The molecule has 0 radical (unpaired) electrons. The molecule has 0 fully saturated rings. The first-order chi connectivity index (χ1) is 9.24. The minimum absolute atomic E-state index is 0.469. The quantitative estimate of drug-likeness (QED) is 0.814. The van der Waals surface area contributed by atoms with Crippen molar-refractivity contribution in [3.63, 3.8) is 0 Å². The number of benzene rings is 1. The van der Waals surface area contributed by atoms with Gasteiger partial charge in [0, 0.05) is 18.3 Å². The lowest BCUT2D eigenvalue weighted by molar-refractivity contribution is 0.572. The van der Waals surface area contributed by atoms with Crippen LogP contribution in [-0.4, -0.2) is 9.78 Å². The highest BCUT2D eigenvalue weighted by Gasteiger charge is 2.05. The van der Waals surface area contributed by atoms with Crippen molar-refractivity contribution in [3.05, 3.63) is 41.7 Å². The van der Waals surface area contributed by atoms with Crippen LogP contribution in [0.25, 0.3) is 11.1 Å². The summed E-state index contributed by atoms with van der Waals surface area (Å²) < 4.78 is 2.00. The van der Waals surface area contributed by atoms with Gasteiger partial charge in [0.25, 0.3) is 0 Å². The van der Waals surface area contributed by atoms with E-state index < -0.39 is 0 Å². The standard InChI is InChI=1S/C16H19N3/c1-3-4-9-19-12-15(11-18-19)16-6-5-14(7-8-17)10-13(16)2/h5-6,10-12H,3-4,7,9H2,1-2H3. The average Bonchev–Trinajstić information content (AvgIpc) is 2.85. The molecule has 0 saturated heterocycles. The molecule has 3 heteroatoms. The van der Waals surface area contributed by atoms with Gasteiger partial charge in [0.1, 0.15) is 0 Å². The van der Waals surface area contributed by atoms with Gasteiger partial charge in [-0.1, -0.05) is 31.5 Å². The van der Waals surface area contributed by atoms with E-state index in [0.29, 0.717) is 6.42 Å². The number of hydrogen-bond donors (Lipinski definition) is 0. The smallest absolute Gasteiger partial charge is 0.0669 e. The van der Waals surface area contributed by atoms with Gasteiger partial charge in [-0.3, -0.25) is 4.68 Å². The van der Waals surface area contributed by atoms with Crippen molar-refractivity contribution in [2.45, 2.75) is 39.7 Å². The van der Waals surface area contributed by atoms with Crippen LogP contribution < -0.4 is 0 Å². The largest absolute Gasteiger partial charge is 0.272 e. The third kappa shape index (κ3) is 3.23. The minimum Gasteiger partial charge on any atom is -0.272 e. The van der Waals surface area contributed by atoms with E-state index in [2.05, 4.69) is 43.3 Å². The molecule has 0 aliphatic carbocycles. The van der Waals surface area contributed by atoms with Crippen molar-refractivity contribution < 1.29 is 0 Å². The molecule has 0 spiro atoms. The summed E-state index contributed by atoms with van der Waals surface area (Å²) in [5.74, 6) is 0. The van der Waals surface area contributed by atoms with Gasteiger partial charge in [0.15, 0.2) is 0 Å². The molecule has 98 valence electrons. The SMILES string of the molecule is CCCCn1cc(-c2ccc(CC#N)cc2C)cn1. The minimum atomic E-state index is 0.469. The van der Waals surface area contributed by atoms with Crippen LogP contribution in [0.15, 0.2) is 30.6 Å². The molecule has 2 aromatic rings. The van der Waals surface area contributed by atoms with Crippen LogP contribution in [0.5, 0.6) is 0 Å². The molecule has 0 atom stereocenters. The number of nitriles is 1. The van der Waals surface area contributed by atoms with E-state index in [1.54, 1.807) is 0 Å². The predicted molar refractivity (Wildman–Crippen MR) is 76.6 cm³/mol. The van der Waals surface area contributed by atoms with E-state index in [1.165, 1.54) is 17.5 Å². The van der Waals surface area contributed by atoms with Crippen LogP contribution in [-0.2, 0) is 13.0 Å². The number of hydrogen-bond acceptors (Lipinski definition) is 2. The number of rotatable bonds is 5. The van der Waals surface area contributed by atoms with Crippen LogP contribution in [0.2, 0.25) is 0 Å². The second-order valence-corrected chi connectivity index (χ2v) is 4.83. The summed E-state index contributed by atoms with van der Waals surface area (Å²) in [5.41, 5.74) is 4.62. The Bertz CT molecular complexity index is 590. The zero-order valence-corrected chi connectivity index (χ0v) is 11.6. The fraction of sp³-hybridized carbons (Fsp3) is 0.375. The van der Waals surface area contributed by atoms with Gasteiger partial charge >= 0.3 is 0 Å². The summed E-state index contributed by atoms with van der Waals surface area (Å²) >= 11 is 0. The lowest BCUT2D eigenvalue weighted by Crippen LogP contribution is -1.96. The molecule has 0 bridgehead atoms. The second kappa shape index (κ2) is 6.19. The van der Waals surface area contributed by atoms with Gasteiger partial charge < -0.3 is 0 Å². The van der Waals surface area contributed by atoms with Crippen molar-refractivity contribution in [2.75, 3.05) is 0 Å². The number of unbranched alkanes of at least 4 members (excludes halogenated alkanes) is 1. The Morgan fingerprint density at radius 2 is 2.21 bits per heavy atom. The topological polar surface area (TPSA) is 41.6 Å². The molecule has 0 unspecified atom stereocenters. The van der Waals surface area contributed by atoms with E-state index in [1.807, 2.05) is 16.9 Å². The lowest BCUT2D eigenvalue weighted by atomic mass is 10.00. The van der Waals surface area contributed by atoms with E-state index in [-0.39, 0.29) is 0 Å². The number of aromatic nitrogens is 2. The van der Waals surface area contributed by atoms with Crippen molar-refractivity contribution >= 4 is 0 Å². The van der Waals surface area contributed by atoms with Crippen LogP contribution in [0.1, 0.15) is 30.9 Å². The molecule has 0 saturated carbocycles. The predicted octanol–water partition coefficient (Wildman–Crippen LogP) is 3.72.